The van der Waals surface area contributed by atoms with Gasteiger partial charge in [0.2, 0.25) is 0 Å². The Morgan fingerprint density at radius 3 is 2.31 bits per heavy atom. The molecular weight excluding hydrogens is 630 g/mol. The number of halogens is 3. The Bertz CT molecular complexity index is 1500. The fourth-order valence-electron chi connectivity index (χ4n) is 5.11. The Kier molecular flexibility index (Phi) is 10.9. The van der Waals surface area contributed by atoms with Crippen LogP contribution in [0.2, 0.25) is 10.0 Å². The molecule has 2 amide bonds. The normalized spacial score (nSPS) is 18.8. The highest BCUT2D eigenvalue weighted by Gasteiger charge is 2.45. The molecule has 2 fully saturated rings. The molecule has 0 aromatic heterocycles. The molecule has 1 saturated heterocycles. The predicted molar refractivity (Wildman–Crippen MR) is 162 cm³/mol. The SMILES string of the molecule is O=C(O)C(Cc1ccc(OCc2c(Cl)cccc2Cl)cc1)NC(=O)[C@@H]1OCO[C@H]1C(=O)N(OC1CCCC1)c1cccc(F)c1. The average Bonchev–Trinajstić information content (AvgIpc) is 3.72. The van der Waals surface area contributed by atoms with E-state index in [-0.39, 0.29) is 31.6 Å². The minimum absolute atomic E-state index is 0.0654. The summed E-state index contributed by atoms with van der Waals surface area (Å²) in [4.78, 5) is 45.0. The highest BCUT2D eigenvalue weighted by molar-refractivity contribution is 6.35. The van der Waals surface area contributed by atoms with Crippen molar-refractivity contribution >= 4 is 46.7 Å². The Hall–Kier alpha value is -3.74. The van der Waals surface area contributed by atoms with Crippen LogP contribution in [0.5, 0.6) is 5.75 Å². The summed E-state index contributed by atoms with van der Waals surface area (Å²) in [5.74, 6) is -2.98. The van der Waals surface area contributed by atoms with Crippen molar-refractivity contribution in [1.29, 1.82) is 0 Å². The molecule has 238 valence electrons. The molecule has 13 heteroatoms. The molecule has 3 aromatic rings. The van der Waals surface area contributed by atoms with Crippen LogP contribution in [-0.4, -0.2) is 54.0 Å². The zero-order valence-electron chi connectivity index (χ0n) is 24.0. The van der Waals surface area contributed by atoms with Crippen LogP contribution >= 0.6 is 23.2 Å². The molecule has 3 aromatic carbocycles. The summed E-state index contributed by atoms with van der Waals surface area (Å²) in [6, 6.07) is 15.8. The van der Waals surface area contributed by atoms with Crippen LogP contribution in [0.3, 0.4) is 0 Å². The second kappa shape index (κ2) is 15.0. The van der Waals surface area contributed by atoms with Crippen LogP contribution in [0.25, 0.3) is 0 Å². The fourth-order valence-corrected chi connectivity index (χ4v) is 5.62. The number of rotatable bonds is 12. The highest BCUT2D eigenvalue weighted by Crippen LogP contribution is 2.29. The lowest BCUT2D eigenvalue weighted by Gasteiger charge is -2.28. The van der Waals surface area contributed by atoms with E-state index in [1.165, 1.54) is 18.2 Å². The summed E-state index contributed by atoms with van der Waals surface area (Å²) >= 11 is 12.4. The van der Waals surface area contributed by atoms with Gasteiger partial charge in [-0.15, -0.1) is 0 Å². The summed E-state index contributed by atoms with van der Waals surface area (Å²) in [5, 5.41) is 14.2. The maximum atomic E-state index is 14.1. The zero-order valence-corrected chi connectivity index (χ0v) is 25.5. The number of hydrogen-bond acceptors (Lipinski definition) is 7. The van der Waals surface area contributed by atoms with Crippen molar-refractivity contribution in [1.82, 2.24) is 5.32 Å². The lowest BCUT2D eigenvalue weighted by molar-refractivity contribution is -0.145. The number of anilines is 1. The van der Waals surface area contributed by atoms with E-state index in [4.69, 9.17) is 42.3 Å². The van der Waals surface area contributed by atoms with Gasteiger partial charge in [0.15, 0.2) is 12.2 Å². The van der Waals surface area contributed by atoms with E-state index in [1.807, 2.05) is 0 Å². The fraction of sp³-hybridized carbons (Fsp3) is 0.344. The van der Waals surface area contributed by atoms with Gasteiger partial charge in [0, 0.05) is 28.1 Å². The van der Waals surface area contributed by atoms with E-state index in [0.717, 1.165) is 24.0 Å². The maximum absolute atomic E-state index is 14.1. The molecule has 0 spiro atoms. The molecule has 1 saturated carbocycles. The van der Waals surface area contributed by atoms with Gasteiger partial charge in [-0.25, -0.2) is 9.18 Å². The number of nitrogens with one attached hydrogen (secondary N) is 1. The first-order valence-corrected chi connectivity index (χ1v) is 15.1. The third-order valence-corrected chi connectivity index (χ3v) is 8.20. The Morgan fingerprint density at radius 1 is 0.978 bits per heavy atom. The third kappa shape index (κ3) is 8.30. The van der Waals surface area contributed by atoms with Crippen molar-refractivity contribution in [3.8, 4) is 5.75 Å². The summed E-state index contributed by atoms with van der Waals surface area (Å²) in [7, 11) is 0. The van der Waals surface area contributed by atoms with E-state index in [2.05, 4.69) is 5.32 Å². The van der Waals surface area contributed by atoms with E-state index >= 15 is 0 Å². The molecule has 45 heavy (non-hydrogen) atoms. The number of aliphatic carboxylic acids is 1. The minimum atomic E-state index is -1.46. The lowest BCUT2D eigenvalue weighted by atomic mass is 10.0. The zero-order chi connectivity index (χ0) is 31.9. The van der Waals surface area contributed by atoms with Crippen molar-refractivity contribution < 1.29 is 42.9 Å². The molecule has 2 aliphatic rings. The second-order valence-corrected chi connectivity index (χ2v) is 11.5. The van der Waals surface area contributed by atoms with Crippen LogP contribution in [0.15, 0.2) is 66.7 Å². The number of carbonyl (C=O) groups is 3. The molecule has 0 radical (unpaired) electrons. The van der Waals surface area contributed by atoms with E-state index in [0.29, 0.717) is 39.8 Å². The van der Waals surface area contributed by atoms with Crippen molar-refractivity contribution in [3.63, 3.8) is 0 Å². The number of benzene rings is 3. The van der Waals surface area contributed by atoms with Crippen molar-refractivity contribution in [2.24, 2.45) is 0 Å². The molecule has 0 bridgehead atoms. The van der Waals surface area contributed by atoms with Gasteiger partial charge in [-0.05, 0) is 54.8 Å². The van der Waals surface area contributed by atoms with Crippen LogP contribution in [0, 0.1) is 5.82 Å². The largest absolute Gasteiger partial charge is 0.489 e. The number of hydrogen-bond donors (Lipinski definition) is 2. The smallest absolute Gasteiger partial charge is 0.326 e. The summed E-state index contributed by atoms with van der Waals surface area (Å²) < 4.78 is 30.7. The van der Waals surface area contributed by atoms with Gasteiger partial charge in [-0.1, -0.05) is 60.3 Å². The quantitative estimate of drug-likeness (QED) is 0.245. The molecule has 1 unspecified atom stereocenters. The second-order valence-electron chi connectivity index (χ2n) is 10.7. The van der Waals surface area contributed by atoms with Crippen LogP contribution < -0.4 is 15.1 Å². The first kappa shape index (κ1) is 32.6. The lowest BCUT2D eigenvalue weighted by Crippen LogP contribution is -2.53. The molecule has 1 aliphatic heterocycles. The van der Waals surface area contributed by atoms with Gasteiger partial charge in [0.25, 0.3) is 11.8 Å². The first-order valence-electron chi connectivity index (χ1n) is 14.4. The van der Waals surface area contributed by atoms with Crippen LogP contribution in [-0.2, 0) is 41.7 Å². The van der Waals surface area contributed by atoms with E-state index in [9.17, 15) is 23.9 Å². The number of ether oxygens (including phenoxy) is 3. The van der Waals surface area contributed by atoms with Crippen molar-refractivity contribution in [3.05, 3.63) is 93.7 Å². The number of amides is 2. The van der Waals surface area contributed by atoms with Crippen LogP contribution in [0.1, 0.15) is 36.8 Å². The number of carbonyl (C=O) groups excluding carboxylic acids is 2. The number of hydroxylamine groups is 1. The first-order chi connectivity index (χ1) is 21.7. The number of carboxylic acid groups (broad SMARTS) is 1. The van der Waals surface area contributed by atoms with Crippen LogP contribution in [0.4, 0.5) is 10.1 Å². The standard InChI is InChI=1S/C32H31Cl2FN2O8/c33-25-9-4-10-26(34)24(25)17-42-22-13-11-19(12-14-22)15-27(32(40)41)36-30(38)28-29(44-18-43-28)31(39)37(45-23-7-1-2-8-23)21-6-3-5-20(35)16-21/h3-6,9-14,16,23,27-29H,1-2,7-8,15,17-18H2,(H,36,38)(H,40,41)/t27?,28-,29-/m1/s1. The molecule has 5 rings (SSSR count). The van der Waals surface area contributed by atoms with Gasteiger partial charge in [0.05, 0.1) is 11.8 Å². The topological polar surface area (TPSA) is 124 Å². The molecule has 1 heterocycles. The minimum Gasteiger partial charge on any atom is -0.489 e. The summed E-state index contributed by atoms with van der Waals surface area (Å²) in [5.41, 5.74) is 1.37. The average molecular weight is 662 g/mol. The summed E-state index contributed by atoms with van der Waals surface area (Å²) in [6.07, 6.45) is 0.0319. The maximum Gasteiger partial charge on any atom is 0.326 e. The van der Waals surface area contributed by atoms with E-state index in [1.54, 1.807) is 42.5 Å². The van der Waals surface area contributed by atoms with Crippen molar-refractivity contribution in [2.75, 3.05) is 11.9 Å². The third-order valence-electron chi connectivity index (χ3n) is 7.49. The molecule has 10 nitrogen and oxygen atoms in total. The Balaban J connectivity index is 1.23. The van der Waals surface area contributed by atoms with Gasteiger partial charge >= 0.3 is 5.97 Å². The number of nitrogens with zero attached hydrogens (tertiary/aromatic N) is 1. The molecule has 2 N–H and O–H groups in total. The molecule has 3 atom stereocenters. The summed E-state index contributed by atoms with van der Waals surface area (Å²) in [6.45, 7) is -0.245. The van der Waals surface area contributed by atoms with Gasteiger partial charge in [-0.3, -0.25) is 14.4 Å². The van der Waals surface area contributed by atoms with Crippen molar-refractivity contribution in [2.45, 2.75) is 63.1 Å². The Labute approximate surface area is 268 Å². The van der Waals surface area contributed by atoms with E-state index < -0.39 is 41.9 Å². The molecular formula is C32H31Cl2FN2O8. The highest BCUT2D eigenvalue weighted by atomic mass is 35.5. The number of carboxylic acids is 1. The predicted octanol–water partition coefficient (Wildman–Crippen LogP) is 5.47. The molecule has 1 aliphatic carbocycles. The van der Waals surface area contributed by atoms with Gasteiger partial charge < -0.3 is 24.6 Å². The Morgan fingerprint density at radius 2 is 1.64 bits per heavy atom. The van der Waals surface area contributed by atoms with Gasteiger partial charge in [0.1, 0.15) is 31.0 Å². The van der Waals surface area contributed by atoms with Gasteiger partial charge in [-0.2, -0.15) is 5.06 Å². The monoisotopic (exact) mass is 660 g/mol.